The van der Waals surface area contributed by atoms with Crippen LogP contribution in [0.4, 0.5) is 0 Å². The number of likely N-dealkylation sites (tertiary alicyclic amines) is 1. The van der Waals surface area contributed by atoms with Crippen molar-refractivity contribution in [2.24, 2.45) is 0 Å². The molecule has 208 valence electrons. The molecule has 0 saturated carbocycles. The predicted octanol–water partition coefficient (Wildman–Crippen LogP) is -2.56. The maximum atomic E-state index is 13.0. The number of amides is 4. The first-order valence-corrected chi connectivity index (χ1v) is 12.8. The minimum absolute atomic E-state index is 0.160. The number of hydrogen-bond donors (Lipinski definition) is 8. The lowest BCUT2D eigenvalue weighted by Crippen LogP contribution is -2.60. The summed E-state index contributed by atoms with van der Waals surface area (Å²) in [6, 6.07) is -5.45. The Kier molecular flexibility index (Phi) is 11.6. The van der Waals surface area contributed by atoms with E-state index in [1.807, 2.05) is 0 Å². The van der Waals surface area contributed by atoms with Gasteiger partial charge >= 0.3 is 11.9 Å². The summed E-state index contributed by atoms with van der Waals surface area (Å²) in [5.74, 6) is -5.49. The van der Waals surface area contributed by atoms with Gasteiger partial charge in [0, 0.05) is 18.7 Å². The normalized spacial score (nSPS) is 22.4. The number of rotatable bonds is 13. The highest BCUT2D eigenvalue weighted by Gasteiger charge is 2.39. The first-order valence-electron chi connectivity index (χ1n) is 12.1. The lowest BCUT2D eigenvalue weighted by Gasteiger charge is -2.29. The van der Waals surface area contributed by atoms with Crippen LogP contribution < -0.4 is 21.3 Å². The molecular weight excluding hydrogens is 510 g/mol. The van der Waals surface area contributed by atoms with Gasteiger partial charge in [-0.1, -0.05) is 0 Å². The van der Waals surface area contributed by atoms with Crippen molar-refractivity contribution in [1.29, 1.82) is 0 Å². The molecule has 37 heavy (non-hydrogen) atoms. The van der Waals surface area contributed by atoms with Crippen molar-refractivity contribution in [3.8, 4) is 0 Å². The Morgan fingerprint density at radius 2 is 1.70 bits per heavy atom. The number of aliphatic hydroxyl groups excluding tert-OH is 1. The van der Waals surface area contributed by atoms with E-state index < -0.39 is 72.8 Å². The molecule has 14 nitrogen and oxygen atoms in total. The van der Waals surface area contributed by atoms with Crippen molar-refractivity contribution in [3.05, 3.63) is 0 Å². The SMILES string of the molecule is C[C@@H](O)[C@H](NC(=O)[C@H](CS)NC(=O)[C@@H]1CCCN1C(=O)[C@@H]1CCCN1)C(=O)N[C@@H](CCC(=O)O)C(=O)O. The molecule has 2 rings (SSSR count). The van der Waals surface area contributed by atoms with E-state index in [4.69, 9.17) is 5.11 Å². The first-order chi connectivity index (χ1) is 17.5. The van der Waals surface area contributed by atoms with E-state index in [1.54, 1.807) is 0 Å². The zero-order valence-electron chi connectivity index (χ0n) is 20.5. The molecule has 15 heteroatoms. The number of aliphatic carboxylic acids is 2. The number of nitrogens with zero attached hydrogens (tertiary/aromatic N) is 1. The average Bonchev–Trinajstić information content (AvgIpc) is 3.54. The van der Waals surface area contributed by atoms with E-state index in [0.29, 0.717) is 25.8 Å². The molecule has 0 aromatic rings. The van der Waals surface area contributed by atoms with Crippen LogP contribution in [0.15, 0.2) is 0 Å². The standard InChI is InChI=1S/C22H35N5O9S/c1-11(28)17(20(33)24-13(22(35)36)6-7-16(29)30)26-18(31)14(10-37)25-19(32)15-5-3-9-27(15)21(34)12-4-2-8-23-12/h11-15,17,23,28,37H,2-10H2,1H3,(H,24,33)(H,25,32)(H,26,31)(H,29,30)(H,35,36)/t11-,12+,13+,14+,15+,17+/m1/s1. The van der Waals surface area contributed by atoms with Crippen LogP contribution >= 0.6 is 12.6 Å². The van der Waals surface area contributed by atoms with Crippen molar-refractivity contribution >= 4 is 48.2 Å². The molecule has 4 amide bonds. The fourth-order valence-electron chi connectivity index (χ4n) is 4.31. The van der Waals surface area contributed by atoms with Gasteiger partial charge in [0.05, 0.1) is 12.1 Å². The van der Waals surface area contributed by atoms with Gasteiger partial charge in [-0.25, -0.2) is 4.79 Å². The van der Waals surface area contributed by atoms with Crippen LogP contribution in [0.3, 0.4) is 0 Å². The second-order valence-electron chi connectivity index (χ2n) is 9.14. The highest BCUT2D eigenvalue weighted by molar-refractivity contribution is 7.80. The van der Waals surface area contributed by atoms with Crippen LogP contribution in [0.5, 0.6) is 0 Å². The predicted molar refractivity (Wildman–Crippen MR) is 132 cm³/mol. The Labute approximate surface area is 219 Å². The molecule has 2 fully saturated rings. The van der Waals surface area contributed by atoms with Gasteiger partial charge in [-0.3, -0.25) is 24.0 Å². The van der Waals surface area contributed by atoms with E-state index in [0.717, 1.165) is 13.0 Å². The lowest BCUT2D eigenvalue weighted by molar-refractivity contribution is -0.144. The van der Waals surface area contributed by atoms with E-state index in [1.165, 1.54) is 11.8 Å². The number of carbonyl (C=O) groups excluding carboxylic acids is 4. The van der Waals surface area contributed by atoms with Crippen LogP contribution in [0, 0.1) is 0 Å². The second kappa shape index (κ2) is 14.1. The summed E-state index contributed by atoms with van der Waals surface area (Å²) in [4.78, 5) is 74.9. The minimum atomic E-state index is -1.59. The van der Waals surface area contributed by atoms with Crippen molar-refractivity contribution in [2.75, 3.05) is 18.8 Å². The summed E-state index contributed by atoms with van der Waals surface area (Å²) in [6.45, 7) is 2.35. The van der Waals surface area contributed by atoms with Crippen LogP contribution in [0.25, 0.3) is 0 Å². The maximum Gasteiger partial charge on any atom is 0.326 e. The summed E-state index contributed by atoms with van der Waals surface area (Å²) in [5.41, 5.74) is 0. The van der Waals surface area contributed by atoms with E-state index >= 15 is 0 Å². The number of carboxylic acid groups (broad SMARTS) is 2. The summed E-state index contributed by atoms with van der Waals surface area (Å²) < 4.78 is 0. The fraction of sp³-hybridized carbons (Fsp3) is 0.727. The van der Waals surface area contributed by atoms with Crippen molar-refractivity contribution in [3.63, 3.8) is 0 Å². The molecular formula is C22H35N5O9S. The molecule has 6 atom stereocenters. The topological polar surface area (TPSA) is 214 Å². The molecule has 0 radical (unpaired) electrons. The molecule has 7 N–H and O–H groups in total. The van der Waals surface area contributed by atoms with Crippen molar-refractivity contribution in [1.82, 2.24) is 26.2 Å². The molecule has 0 spiro atoms. The van der Waals surface area contributed by atoms with E-state index in [9.17, 15) is 39.0 Å². The molecule has 2 aliphatic heterocycles. The van der Waals surface area contributed by atoms with Gasteiger partial charge in [0.2, 0.25) is 23.6 Å². The molecule has 0 aromatic carbocycles. The zero-order valence-corrected chi connectivity index (χ0v) is 21.4. The Balaban J connectivity index is 2.01. The Morgan fingerprint density at radius 1 is 1.00 bits per heavy atom. The fourth-order valence-corrected chi connectivity index (χ4v) is 4.56. The highest BCUT2D eigenvalue weighted by Crippen LogP contribution is 2.21. The van der Waals surface area contributed by atoms with Gasteiger partial charge in [0.25, 0.3) is 0 Å². The quantitative estimate of drug-likeness (QED) is 0.113. The van der Waals surface area contributed by atoms with Crippen molar-refractivity contribution in [2.45, 2.75) is 81.8 Å². The second-order valence-corrected chi connectivity index (χ2v) is 9.51. The van der Waals surface area contributed by atoms with Gasteiger partial charge in [-0.15, -0.1) is 0 Å². The molecule has 0 unspecified atom stereocenters. The number of hydrogen-bond acceptors (Lipinski definition) is 9. The Morgan fingerprint density at radius 3 is 2.24 bits per heavy atom. The van der Waals surface area contributed by atoms with E-state index in [-0.39, 0.29) is 17.7 Å². The van der Waals surface area contributed by atoms with Gasteiger partial charge < -0.3 is 41.5 Å². The third-order valence-electron chi connectivity index (χ3n) is 6.34. The molecule has 0 bridgehead atoms. The van der Waals surface area contributed by atoms with Crippen molar-refractivity contribution < 1.29 is 44.1 Å². The summed E-state index contributed by atoms with van der Waals surface area (Å²) in [5, 5.41) is 38.1. The largest absolute Gasteiger partial charge is 0.481 e. The van der Waals surface area contributed by atoms with Gasteiger partial charge in [0.1, 0.15) is 24.2 Å². The lowest BCUT2D eigenvalue weighted by atomic mass is 10.1. The summed E-state index contributed by atoms with van der Waals surface area (Å²) in [6.07, 6.45) is 0.243. The van der Waals surface area contributed by atoms with Crippen LogP contribution in [-0.4, -0.2) is 111 Å². The van der Waals surface area contributed by atoms with Gasteiger partial charge in [0.15, 0.2) is 0 Å². The van der Waals surface area contributed by atoms with Crippen LogP contribution in [-0.2, 0) is 28.8 Å². The average molecular weight is 546 g/mol. The van der Waals surface area contributed by atoms with Gasteiger partial charge in [-0.2, -0.15) is 12.6 Å². The van der Waals surface area contributed by atoms with E-state index in [2.05, 4.69) is 33.9 Å². The number of nitrogens with one attached hydrogen (secondary N) is 4. The maximum absolute atomic E-state index is 13.0. The smallest absolute Gasteiger partial charge is 0.326 e. The molecule has 2 heterocycles. The molecule has 0 aliphatic carbocycles. The third kappa shape index (κ3) is 8.57. The monoisotopic (exact) mass is 545 g/mol. The Bertz CT molecular complexity index is 881. The number of thiol groups is 1. The number of aliphatic hydroxyl groups is 1. The number of carboxylic acids is 2. The summed E-state index contributed by atoms with van der Waals surface area (Å²) in [7, 11) is 0. The first kappa shape index (κ1) is 30.3. The Hall–Kier alpha value is -2.91. The number of carbonyl (C=O) groups is 6. The van der Waals surface area contributed by atoms with Crippen LogP contribution in [0.1, 0.15) is 45.4 Å². The molecule has 2 saturated heterocycles. The summed E-state index contributed by atoms with van der Waals surface area (Å²) >= 11 is 4.10. The van der Waals surface area contributed by atoms with Gasteiger partial charge in [-0.05, 0) is 45.6 Å². The minimum Gasteiger partial charge on any atom is -0.481 e. The zero-order chi connectivity index (χ0) is 27.7. The molecule has 0 aromatic heterocycles. The highest BCUT2D eigenvalue weighted by atomic mass is 32.1. The van der Waals surface area contributed by atoms with Crippen LogP contribution in [0.2, 0.25) is 0 Å². The third-order valence-corrected chi connectivity index (χ3v) is 6.70. The molecule has 2 aliphatic rings.